The quantitative estimate of drug-likeness (QED) is 0.437. The highest BCUT2D eigenvalue weighted by molar-refractivity contribution is 6.06. The molecule has 2 aliphatic heterocycles. The van der Waals surface area contributed by atoms with E-state index in [1.807, 2.05) is 62.6 Å². The lowest BCUT2D eigenvalue weighted by atomic mass is 10.0. The number of benzene rings is 1. The molecule has 0 radical (unpaired) electrons. The SMILES string of the molecule is CC.CC.CC.Cc1cc2c(c(N(C)C)n1)C(N1CCN(Cc3ccccc3)CC1)C(=O)N2C1CCCC1. The fourth-order valence-corrected chi connectivity index (χ4v) is 5.73. The van der Waals surface area contributed by atoms with Crippen molar-refractivity contribution in [3.8, 4) is 0 Å². The van der Waals surface area contributed by atoms with Gasteiger partial charge in [0, 0.05) is 64.1 Å². The molecule has 1 saturated carbocycles. The first-order valence-electron chi connectivity index (χ1n) is 15.0. The van der Waals surface area contributed by atoms with Crippen LogP contribution in [0.25, 0.3) is 0 Å². The fourth-order valence-electron chi connectivity index (χ4n) is 5.73. The largest absolute Gasteiger partial charge is 0.362 e. The van der Waals surface area contributed by atoms with Crippen LogP contribution in [0.4, 0.5) is 11.5 Å². The summed E-state index contributed by atoms with van der Waals surface area (Å²) < 4.78 is 0. The van der Waals surface area contributed by atoms with Crippen molar-refractivity contribution in [3.63, 3.8) is 0 Å². The van der Waals surface area contributed by atoms with Crippen molar-refractivity contribution in [3.05, 3.63) is 53.2 Å². The third-order valence-electron chi connectivity index (χ3n) is 7.28. The van der Waals surface area contributed by atoms with Gasteiger partial charge in [0.25, 0.3) is 0 Å². The standard InChI is InChI=1S/C26H35N5O.3C2H6/c1-19-17-22-23(25(27-19)28(2)3)24(26(32)31(22)21-11-7-8-12-21)30-15-13-29(14-16-30)18-20-9-5-4-6-10-20;3*1-2/h4-6,9-10,17,21,24H,7-8,11-16,18H2,1-3H3;3*1-2H3. The zero-order valence-electron chi connectivity index (χ0n) is 25.6. The molecule has 1 aromatic carbocycles. The van der Waals surface area contributed by atoms with Crippen LogP contribution in [0.5, 0.6) is 0 Å². The maximum absolute atomic E-state index is 13.9. The van der Waals surface area contributed by atoms with Gasteiger partial charge in [-0.05, 0) is 31.4 Å². The number of carbonyl (C=O) groups is 1. The lowest BCUT2D eigenvalue weighted by molar-refractivity contribution is -0.124. The molecule has 38 heavy (non-hydrogen) atoms. The van der Waals surface area contributed by atoms with Crippen LogP contribution in [0.2, 0.25) is 0 Å². The molecule has 1 atom stereocenters. The molecule has 0 bridgehead atoms. The van der Waals surface area contributed by atoms with Crippen LogP contribution >= 0.6 is 0 Å². The maximum atomic E-state index is 13.9. The first-order valence-corrected chi connectivity index (χ1v) is 15.0. The summed E-state index contributed by atoms with van der Waals surface area (Å²) in [4.78, 5) is 27.9. The van der Waals surface area contributed by atoms with Gasteiger partial charge in [0.1, 0.15) is 11.9 Å². The van der Waals surface area contributed by atoms with E-state index >= 15 is 0 Å². The van der Waals surface area contributed by atoms with Crippen LogP contribution in [0.1, 0.15) is 90.1 Å². The number of amides is 1. The van der Waals surface area contributed by atoms with E-state index in [1.54, 1.807) is 0 Å². The van der Waals surface area contributed by atoms with Gasteiger partial charge >= 0.3 is 0 Å². The van der Waals surface area contributed by atoms with E-state index in [0.717, 1.165) is 68.3 Å². The highest BCUT2D eigenvalue weighted by Gasteiger charge is 2.47. The zero-order chi connectivity index (χ0) is 28.2. The molecule has 1 saturated heterocycles. The molecular weight excluding hydrogens is 470 g/mol. The van der Waals surface area contributed by atoms with Crippen molar-refractivity contribution in [2.75, 3.05) is 50.1 Å². The number of hydrogen-bond donors (Lipinski definition) is 0. The van der Waals surface area contributed by atoms with Gasteiger partial charge in [-0.3, -0.25) is 14.6 Å². The number of pyridine rings is 1. The summed E-state index contributed by atoms with van der Waals surface area (Å²) in [6, 6.07) is 12.9. The molecule has 6 heteroatoms. The van der Waals surface area contributed by atoms with Gasteiger partial charge in [0.2, 0.25) is 5.91 Å². The molecule has 1 unspecified atom stereocenters. The smallest absolute Gasteiger partial charge is 0.249 e. The Bertz CT molecular complexity index is 963. The summed E-state index contributed by atoms with van der Waals surface area (Å²) in [6.07, 6.45) is 4.66. The predicted octanol–water partition coefficient (Wildman–Crippen LogP) is 6.68. The lowest BCUT2D eigenvalue weighted by Gasteiger charge is -2.38. The molecule has 212 valence electrons. The van der Waals surface area contributed by atoms with Crippen LogP contribution in [0, 0.1) is 6.92 Å². The van der Waals surface area contributed by atoms with E-state index in [4.69, 9.17) is 4.98 Å². The van der Waals surface area contributed by atoms with E-state index in [-0.39, 0.29) is 11.9 Å². The Labute approximate surface area is 233 Å². The minimum Gasteiger partial charge on any atom is -0.362 e. The summed E-state index contributed by atoms with van der Waals surface area (Å²) >= 11 is 0. The van der Waals surface area contributed by atoms with Crippen LogP contribution < -0.4 is 9.80 Å². The average molecular weight is 524 g/mol. The van der Waals surface area contributed by atoms with Gasteiger partial charge in [-0.2, -0.15) is 0 Å². The summed E-state index contributed by atoms with van der Waals surface area (Å²) in [7, 11) is 4.08. The number of fused-ring (bicyclic) bond motifs is 1. The normalized spacial score (nSPS) is 19.4. The Hall–Kier alpha value is -2.44. The molecule has 5 rings (SSSR count). The second-order valence-corrected chi connectivity index (χ2v) is 9.76. The second kappa shape index (κ2) is 15.8. The van der Waals surface area contributed by atoms with Crippen molar-refractivity contribution in [1.82, 2.24) is 14.8 Å². The number of aromatic nitrogens is 1. The van der Waals surface area contributed by atoms with Crippen LogP contribution in [0.3, 0.4) is 0 Å². The number of aryl methyl sites for hydroxylation is 1. The van der Waals surface area contributed by atoms with Crippen molar-refractivity contribution in [1.29, 1.82) is 0 Å². The topological polar surface area (TPSA) is 42.9 Å². The van der Waals surface area contributed by atoms with Crippen molar-refractivity contribution < 1.29 is 4.79 Å². The highest BCUT2D eigenvalue weighted by atomic mass is 16.2. The summed E-state index contributed by atoms with van der Waals surface area (Å²) in [5, 5.41) is 0. The monoisotopic (exact) mass is 523 g/mol. The summed E-state index contributed by atoms with van der Waals surface area (Å²) in [5.74, 6) is 1.21. The summed E-state index contributed by atoms with van der Waals surface area (Å²) in [6.45, 7) is 18.8. The molecule has 2 aromatic rings. The Morgan fingerprint density at radius 2 is 1.47 bits per heavy atom. The zero-order valence-corrected chi connectivity index (χ0v) is 25.6. The third kappa shape index (κ3) is 7.15. The Kier molecular flexibility index (Phi) is 13.3. The number of hydrogen-bond acceptors (Lipinski definition) is 5. The molecule has 3 heterocycles. The summed E-state index contributed by atoms with van der Waals surface area (Å²) in [5.41, 5.74) is 4.56. The molecular formula is C32H53N5O. The second-order valence-electron chi connectivity index (χ2n) is 9.76. The van der Waals surface area contributed by atoms with Gasteiger partial charge in [0.05, 0.1) is 5.69 Å². The molecule has 1 aromatic heterocycles. The number of anilines is 2. The van der Waals surface area contributed by atoms with E-state index in [1.165, 1.54) is 18.4 Å². The molecule has 6 nitrogen and oxygen atoms in total. The average Bonchev–Trinajstić information content (AvgIpc) is 3.58. The first kappa shape index (κ1) is 31.8. The van der Waals surface area contributed by atoms with Gasteiger partial charge in [-0.15, -0.1) is 0 Å². The van der Waals surface area contributed by atoms with Crippen molar-refractivity contribution in [2.45, 2.75) is 92.8 Å². The first-order chi connectivity index (χ1) is 18.5. The van der Waals surface area contributed by atoms with E-state index in [2.05, 4.69) is 56.0 Å². The van der Waals surface area contributed by atoms with Crippen LogP contribution in [0.15, 0.2) is 36.4 Å². The van der Waals surface area contributed by atoms with E-state index in [0.29, 0.717) is 6.04 Å². The van der Waals surface area contributed by atoms with Crippen molar-refractivity contribution in [2.24, 2.45) is 0 Å². The van der Waals surface area contributed by atoms with E-state index in [9.17, 15) is 4.79 Å². The van der Waals surface area contributed by atoms with Crippen LogP contribution in [-0.4, -0.2) is 67.0 Å². The molecule has 1 aliphatic carbocycles. The van der Waals surface area contributed by atoms with Gasteiger partial charge in [-0.1, -0.05) is 84.7 Å². The molecule has 0 N–H and O–H groups in total. The number of piperazine rings is 1. The lowest BCUT2D eigenvalue weighted by Crippen LogP contribution is -2.50. The maximum Gasteiger partial charge on any atom is 0.249 e. The minimum absolute atomic E-state index is 0.213. The third-order valence-corrected chi connectivity index (χ3v) is 7.28. The number of carbonyl (C=O) groups excluding carboxylic acids is 1. The Balaban J connectivity index is 0.000000791. The van der Waals surface area contributed by atoms with Gasteiger partial charge < -0.3 is 9.80 Å². The molecule has 0 spiro atoms. The highest BCUT2D eigenvalue weighted by Crippen LogP contribution is 2.47. The van der Waals surface area contributed by atoms with E-state index < -0.39 is 0 Å². The number of rotatable bonds is 5. The minimum atomic E-state index is -0.213. The predicted molar refractivity (Wildman–Crippen MR) is 163 cm³/mol. The fraction of sp³-hybridized carbons (Fsp3) is 0.625. The van der Waals surface area contributed by atoms with Crippen LogP contribution in [-0.2, 0) is 11.3 Å². The Morgan fingerprint density at radius 3 is 2.03 bits per heavy atom. The Morgan fingerprint density at radius 1 is 0.895 bits per heavy atom. The molecule has 2 fully saturated rings. The molecule has 3 aliphatic rings. The van der Waals surface area contributed by atoms with Gasteiger partial charge in [0.15, 0.2) is 0 Å². The number of nitrogens with zero attached hydrogens (tertiary/aromatic N) is 5. The van der Waals surface area contributed by atoms with Crippen molar-refractivity contribution >= 4 is 17.4 Å². The van der Waals surface area contributed by atoms with Gasteiger partial charge in [-0.25, -0.2) is 4.98 Å². The molecule has 1 amide bonds.